The molecule has 1 atom stereocenters. The Balaban J connectivity index is 1.59. The van der Waals surface area contributed by atoms with E-state index in [1.807, 2.05) is 0 Å². The molecule has 2 heteroatoms. The van der Waals surface area contributed by atoms with Crippen molar-refractivity contribution in [1.29, 1.82) is 0 Å². The van der Waals surface area contributed by atoms with Gasteiger partial charge in [0.1, 0.15) is 0 Å². The van der Waals surface area contributed by atoms with Crippen molar-refractivity contribution in [3.8, 4) is 0 Å². The first-order chi connectivity index (χ1) is 8.64. The van der Waals surface area contributed by atoms with Crippen molar-refractivity contribution in [1.82, 2.24) is 9.80 Å². The Morgan fingerprint density at radius 1 is 0.778 bits per heavy atom. The van der Waals surface area contributed by atoms with Crippen LogP contribution in [-0.4, -0.2) is 48.1 Å². The molecule has 18 heavy (non-hydrogen) atoms. The highest BCUT2D eigenvalue weighted by Gasteiger charge is 2.34. The molecule has 1 saturated carbocycles. The van der Waals surface area contributed by atoms with E-state index in [1.165, 1.54) is 71.1 Å². The summed E-state index contributed by atoms with van der Waals surface area (Å²) in [5.74, 6) is 0. The van der Waals surface area contributed by atoms with E-state index in [1.54, 1.807) is 0 Å². The minimum absolute atomic E-state index is 0.613. The largest absolute Gasteiger partial charge is 0.299 e. The SMILES string of the molecule is CC1(C)CCC(N2CCCN3CCCC3C2)CC1. The molecule has 3 aliphatic rings. The summed E-state index contributed by atoms with van der Waals surface area (Å²) < 4.78 is 0. The third-order valence-electron chi connectivity index (χ3n) is 5.66. The average molecular weight is 250 g/mol. The highest BCUT2D eigenvalue weighted by Crippen LogP contribution is 2.37. The van der Waals surface area contributed by atoms with Crippen molar-refractivity contribution < 1.29 is 0 Å². The third-order valence-corrected chi connectivity index (χ3v) is 5.66. The second-order valence-electron chi connectivity index (χ2n) is 7.58. The van der Waals surface area contributed by atoms with Gasteiger partial charge in [0.05, 0.1) is 0 Å². The van der Waals surface area contributed by atoms with Gasteiger partial charge in [-0.2, -0.15) is 0 Å². The maximum Gasteiger partial charge on any atom is 0.0223 e. The summed E-state index contributed by atoms with van der Waals surface area (Å²) in [4.78, 5) is 5.61. The van der Waals surface area contributed by atoms with E-state index in [9.17, 15) is 0 Å². The molecule has 0 radical (unpaired) electrons. The standard InChI is InChI=1S/C16H30N2/c1-16(2)8-6-14(7-9-16)18-12-4-11-17-10-3-5-15(17)13-18/h14-15H,3-13H2,1-2H3. The van der Waals surface area contributed by atoms with Gasteiger partial charge in [0, 0.05) is 18.6 Å². The molecule has 0 aromatic rings. The molecule has 1 aliphatic carbocycles. The molecule has 2 nitrogen and oxygen atoms in total. The van der Waals surface area contributed by atoms with Crippen LogP contribution in [0.15, 0.2) is 0 Å². The van der Waals surface area contributed by atoms with Crippen LogP contribution in [0.2, 0.25) is 0 Å². The van der Waals surface area contributed by atoms with Crippen LogP contribution in [0.5, 0.6) is 0 Å². The van der Waals surface area contributed by atoms with Gasteiger partial charge in [0.2, 0.25) is 0 Å². The van der Waals surface area contributed by atoms with Gasteiger partial charge in [-0.3, -0.25) is 9.80 Å². The summed E-state index contributed by atoms with van der Waals surface area (Å²) in [5, 5.41) is 0. The number of hydrogen-bond acceptors (Lipinski definition) is 2. The fraction of sp³-hybridized carbons (Fsp3) is 1.00. The highest BCUT2D eigenvalue weighted by atomic mass is 15.3. The minimum Gasteiger partial charge on any atom is -0.299 e. The lowest BCUT2D eigenvalue weighted by Gasteiger charge is -2.40. The molecule has 3 fully saturated rings. The van der Waals surface area contributed by atoms with E-state index in [0.29, 0.717) is 5.41 Å². The number of fused-ring (bicyclic) bond motifs is 1. The quantitative estimate of drug-likeness (QED) is 0.705. The number of rotatable bonds is 1. The smallest absolute Gasteiger partial charge is 0.0223 e. The maximum atomic E-state index is 2.85. The maximum absolute atomic E-state index is 2.85. The van der Waals surface area contributed by atoms with Gasteiger partial charge >= 0.3 is 0 Å². The predicted molar refractivity (Wildman–Crippen MR) is 76.8 cm³/mol. The molecule has 2 saturated heterocycles. The summed E-state index contributed by atoms with van der Waals surface area (Å²) >= 11 is 0. The van der Waals surface area contributed by atoms with E-state index in [-0.39, 0.29) is 0 Å². The highest BCUT2D eigenvalue weighted by molar-refractivity contribution is 4.90. The molecule has 0 bridgehead atoms. The Labute approximate surface area is 113 Å². The van der Waals surface area contributed by atoms with Crippen molar-refractivity contribution in [2.45, 2.75) is 70.9 Å². The molecule has 104 valence electrons. The molecular weight excluding hydrogens is 220 g/mol. The minimum atomic E-state index is 0.613. The van der Waals surface area contributed by atoms with E-state index in [2.05, 4.69) is 23.6 Å². The molecule has 0 aromatic carbocycles. The summed E-state index contributed by atoms with van der Waals surface area (Å²) in [6, 6.07) is 1.79. The Morgan fingerprint density at radius 3 is 2.22 bits per heavy atom. The molecule has 0 aromatic heterocycles. The molecule has 1 unspecified atom stereocenters. The van der Waals surface area contributed by atoms with E-state index in [0.717, 1.165) is 12.1 Å². The zero-order valence-corrected chi connectivity index (χ0v) is 12.3. The van der Waals surface area contributed by atoms with Crippen LogP contribution >= 0.6 is 0 Å². The first-order valence-electron chi connectivity index (χ1n) is 8.12. The molecule has 2 aliphatic heterocycles. The van der Waals surface area contributed by atoms with Crippen LogP contribution in [0.1, 0.15) is 58.8 Å². The van der Waals surface area contributed by atoms with Crippen molar-refractivity contribution in [3.63, 3.8) is 0 Å². The van der Waals surface area contributed by atoms with Gasteiger partial charge in [-0.1, -0.05) is 13.8 Å². The van der Waals surface area contributed by atoms with Gasteiger partial charge in [-0.25, -0.2) is 0 Å². The second-order valence-corrected chi connectivity index (χ2v) is 7.58. The first-order valence-corrected chi connectivity index (χ1v) is 8.12. The summed E-state index contributed by atoms with van der Waals surface area (Å²) in [6.45, 7) is 10.4. The summed E-state index contributed by atoms with van der Waals surface area (Å²) in [7, 11) is 0. The zero-order chi connectivity index (χ0) is 12.6. The van der Waals surface area contributed by atoms with Crippen LogP contribution < -0.4 is 0 Å². The monoisotopic (exact) mass is 250 g/mol. The Hall–Kier alpha value is -0.0800. The first kappa shape index (κ1) is 12.9. The molecule has 3 rings (SSSR count). The molecule has 0 spiro atoms. The van der Waals surface area contributed by atoms with Crippen LogP contribution in [0.25, 0.3) is 0 Å². The van der Waals surface area contributed by atoms with Gasteiger partial charge < -0.3 is 0 Å². The summed E-state index contributed by atoms with van der Waals surface area (Å²) in [5.41, 5.74) is 0.613. The molecule has 0 amide bonds. The van der Waals surface area contributed by atoms with Crippen molar-refractivity contribution >= 4 is 0 Å². The van der Waals surface area contributed by atoms with Crippen molar-refractivity contribution in [2.75, 3.05) is 26.2 Å². The van der Waals surface area contributed by atoms with Gasteiger partial charge in [0.25, 0.3) is 0 Å². The van der Waals surface area contributed by atoms with Crippen molar-refractivity contribution in [2.24, 2.45) is 5.41 Å². The second kappa shape index (κ2) is 5.13. The molecule has 2 heterocycles. The van der Waals surface area contributed by atoms with Gasteiger partial charge in [-0.05, 0) is 70.0 Å². The molecular formula is C16H30N2. The summed E-state index contributed by atoms with van der Waals surface area (Å²) in [6.07, 6.45) is 10.0. The van der Waals surface area contributed by atoms with E-state index >= 15 is 0 Å². The van der Waals surface area contributed by atoms with Crippen LogP contribution in [0.4, 0.5) is 0 Å². The van der Waals surface area contributed by atoms with Gasteiger partial charge in [-0.15, -0.1) is 0 Å². The lowest BCUT2D eigenvalue weighted by molar-refractivity contribution is 0.0996. The Morgan fingerprint density at radius 2 is 1.44 bits per heavy atom. The fourth-order valence-corrected chi connectivity index (χ4v) is 4.32. The number of hydrogen-bond donors (Lipinski definition) is 0. The number of nitrogens with zero attached hydrogens (tertiary/aromatic N) is 2. The third kappa shape index (κ3) is 2.75. The lowest BCUT2D eigenvalue weighted by atomic mass is 9.75. The Bertz CT molecular complexity index is 277. The van der Waals surface area contributed by atoms with E-state index < -0.39 is 0 Å². The van der Waals surface area contributed by atoms with Crippen LogP contribution in [0.3, 0.4) is 0 Å². The Kier molecular flexibility index (Phi) is 3.68. The van der Waals surface area contributed by atoms with Crippen molar-refractivity contribution in [3.05, 3.63) is 0 Å². The molecule has 0 N–H and O–H groups in total. The zero-order valence-electron chi connectivity index (χ0n) is 12.3. The fourth-order valence-electron chi connectivity index (χ4n) is 4.32. The van der Waals surface area contributed by atoms with Crippen LogP contribution in [-0.2, 0) is 0 Å². The van der Waals surface area contributed by atoms with Crippen LogP contribution in [0, 0.1) is 5.41 Å². The van der Waals surface area contributed by atoms with E-state index in [4.69, 9.17) is 0 Å². The normalized spacial score (nSPS) is 35.3. The predicted octanol–water partition coefficient (Wildman–Crippen LogP) is 3.13. The van der Waals surface area contributed by atoms with Gasteiger partial charge in [0.15, 0.2) is 0 Å². The topological polar surface area (TPSA) is 6.48 Å². The average Bonchev–Trinajstić information content (AvgIpc) is 2.67. The lowest BCUT2D eigenvalue weighted by Crippen LogP contribution is -2.44.